The molecule has 3 atom stereocenters. The minimum absolute atomic E-state index is 0.00473. The van der Waals surface area contributed by atoms with Crippen LogP contribution in [0.2, 0.25) is 36.3 Å². The van der Waals surface area contributed by atoms with Crippen molar-refractivity contribution in [2.75, 3.05) is 18.2 Å². The molecule has 2 N–H and O–H groups in total. The summed E-state index contributed by atoms with van der Waals surface area (Å²) in [4.78, 5) is 16.1. The minimum Gasteiger partial charge on any atom is -0.414 e. The van der Waals surface area contributed by atoms with E-state index in [2.05, 4.69) is 72.7 Å². The molecule has 0 aromatic carbocycles. The van der Waals surface area contributed by atoms with Crippen LogP contribution in [-0.4, -0.2) is 50.4 Å². The van der Waals surface area contributed by atoms with Gasteiger partial charge < -0.3 is 19.3 Å². The van der Waals surface area contributed by atoms with Gasteiger partial charge in [-0.15, -0.1) is 11.6 Å². The first-order valence-corrected chi connectivity index (χ1v) is 17.7. The van der Waals surface area contributed by atoms with E-state index in [1.54, 1.807) is 0 Å². The van der Waals surface area contributed by atoms with Gasteiger partial charge >= 0.3 is 5.69 Å². The zero-order chi connectivity index (χ0) is 25.6. The van der Waals surface area contributed by atoms with Gasteiger partial charge in [0.2, 0.25) is 0 Å². The highest BCUT2D eigenvalue weighted by atomic mass is 35.5. The number of nitrogen functional groups attached to an aromatic ring is 1. The summed E-state index contributed by atoms with van der Waals surface area (Å²) in [5.41, 5.74) is 3.80. The van der Waals surface area contributed by atoms with Crippen LogP contribution in [0.25, 0.3) is 0 Å². The summed E-state index contributed by atoms with van der Waals surface area (Å²) in [6.07, 6.45) is 0.137. The molecule has 0 radical (unpaired) electrons. The Morgan fingerprint density at radius 1 is 1.21 bits per heavy atom. The fraction of sp³-hybridized carbons (Fsp3) is 0.818. The zero-order valence-electron chi connectivity index (χ0n) is 21.7. The number of aromatic nitrogens is 2. The molecule has 0 spiro atoms. The molecule has 0 saturated carbocycles. The number of halogens is 2. The monoisotopic (exact) mass is 521 g/mol. The number of alkyl halides is 1. The average molecular weight is 522 g/mol. The number of hydrogen-bond donors (Lipinski definition) is 1. The van der Waals surface area contributed by atoms with Gasteiger partial charge in [-0.3, -0.25) is 4.57 Å². The fourth-order valence-electron chi connectivity index (χ4n) is 3.12. The van der Waals surface area contributed by atoms with Crippen molar-refractivity contribution in [1.29, 1.82) is 0 Å². The topological polar surface area (TPSA) is 88.6 Å². The zero-order valence-corrected chi connectivity index (χ0v) is 24.5. The van der Waals surface area contributed by atoms with E-state index in [-0.39, 0.29) is 22.6 Å². The van der Waals surface area contributed by atoms with Gasteiger partial charge in [-0.25, -0.2) is 9.18 Å². The predicted octanol–water partition coefficient (Wildman–Crippen LogP) is 5.27. The molecule has 1 aromatic heterocycles. The molecule has 0 unspecified atom stereocenters. The molecule has 1 saturated heterocycles. The van der Waals surface area contributed by atoms with Gasteiger partial charge in [0.15, 0.2) is 28.3 Å². The van der Waals surface area contributed by atoms with Gasteiger partial charge in [-0.1, -0.05) is 41.5 Å². The van der Waals surface area contributed by atoms with E-state index in [4.69, 9.17) is 30.9 Å². The molecule has 11 heteroatoms. The first-order chi connectivity index (χ1) is 14.8. The number of anilines is 1. The molecular formula is C22H41ClFN3O4Si2. The van der Waals surface area contributed by atoms with E-state index in [1.807, 2.05) is 0 Å². The van der Waals surface area contributed by atoms with E-state index in [0.717, 1.165) is 10.8 Å². The summed E-state index contributed by atoms with van der Waals surface area (Å²) in [6.45, 7) is 21.8. The van der Waals surface area contributed by atoms with Crippen LogP contribution in [0.3, 0.4) is 0 Å². The molecule has 2 heterocycles. The molecule has 33 heavy (non-hydrogen) atoms. The lowest BCUT2D eigenvalue weighted by molar-refractivity contribution is -0.109. The van der Waals surface area contributed by atoms with E-state index in [9.17, 15) is 9.18 Å². The number of rotatable bonds is 7. The van der Waals surface area contributed by atoms with E-state index < -0.39 is 51.9 Å². The third-order valence-corrected chi connectivity index (χ3v) is 17.0. The Hall–Kier alpha value is -0.786. The third-order valence-electron chi connectivity index (χ3n) is 7.57. The molecule has 0 amide bonds. The SMILES string of the molecule is CC(C)(C)[Si](C)(C)OC[C@@]1(CCl)O[C@@H](n2cc(F)c(N)nc2=O)C[C@@H]1O[Si](C)(C)C(C)(C)C. The lowest BCUT2D eigenvalue weighted by Crippen LogP contribution is -2.55. The molecule has 2 rings (SSSR count). The van der Waals surface area contributed by atoms with Crippen molar-refractivity contribution in [3.63, 3.8) is 0 Å². The quantitative estimate of drug-likeness (QED) is 0.388. The highest BCUT2D eigenvalue weighted by molar-refractivity contribution is 6.74. The van der Waals surface area contributed by atoms with Crippen molar-refractivity contribution in [2.45, 2.75) is 102 Å². The van der Waals surface area contributed by atoms with Crippen molar-refractivity contribution >= 4 is 34.1 Å². The average Bonchev–Trinajstić information content (AvgIpc) is 2.99. The largest absolute Gasteiger partial charge is 0.414 e. The number of ether oxygens (including phenoxy) is 1. The number of hydrogen-bond acceptors (Lipinski definition) is 6. The summed E-state index contributed by atoms with van der Waals surface area (Å²) < 4.78 is 35.0. The lowest BCUT2D eigenvalue weighted by Gasteiger charge is -2.44. The molecule has 190 valence electrons. The van der Waals surface area contributed by atoms with Crippen molar-refractivity contribution in [1.82, 2.24) is 9.55 Å². The summed E-state index contributed by atoms with van der Waals surface area (Å²) in [5.74, 6) is -1.11. The van der Waals surface area contributed by atoms with Crippen molar-refractivity contribution in [2.24, 2.45) is 0 Å². The summed E-state index contributed by atoms with van der Waals surface area (Å²) >= 11 is 6.54. The Balaban J connectivity index is 2.48. The summed E-state index contributed by atoms with van der Waals surface area (Å²) in [7, 11) is -4.36. The lowest BCUT2D eigenvalue weighted by atomic mass is 10.0. The maximum atomic E-state index is 14.2. The first-order valence-electron chi connectivity index (χ1n) is 11.4. The predicted molar refractivity (Wildman–Crippen MR) is 136 cm³/mol. The van der Waals surface area contributed by atoms with Gasteiger partial charge in [0, 0.05) is 6.42 Å². The highest BCUT2D eigenvalue weighted by Crippen LogP contribution is 2.46. The van der Waals surface area contributed by atoms with Crippen molar-refractivity contribution in [3.05, 3.63) is 22.5 Å². The fourth-order valence-corrected chi connectivity index (χ4v) is 5.84. The summed E-state index contributed by atoms with van der Waals surface area (Å²) in [5, 5.41) is -0.0512. The van der Waals surface area contributed by atoms with Crippen LogP contribution in [0.5, 0.6) is 0 Å². The van der Waals surface area contributed by atoms with Crippen LogP contribution in [0.15, 0.2) is 11.0 Å². The molecule has 1 aliphatic heterocycles. The van der Waals surface area contributed by atoms with Gasteiger partial charge in [-0.2, -0.15) is 4.98 Å². The standard InChI is InChI=1S/C22H41ClFN3O4Si2/c1-20(2,3)32(7,8)29-14-22(13-23)16(31-33(9,10)21(4,5)6)11-17(30-22)27-12-15(24)18(25)26-19(27)28/h12,16-17H,11,13-14H2,1-10H3,(H2,25,26,28)/t16-,17+,22+/m0/s1. The molecule has 1 aromatic rings. The Morgan fingerprint density at radius 2 is 1.76 bits per heavy atom. The normalized spacial score (nSPS) is 25.0. The Morgan fingerprint density at radius 3 is 2.24 bits per heavy atom. The number of nitrogens with two attached hydrogens (primary N) is 1. The van der Waals surface area contributed by atoms with Crippen LogP contribution >= 0.6 is 11.6 Å². The van der Waals surface area contributed by atoms with Gasteiger partial charge in [0.05, 0.1) is 24.8 Å². The van der Waals surface area contributed by atoms with Crippen LogP contribution in [-0.2, 0) is 13.6 Å². The van der Waals surface area contributed by atoms with Gasteiger partial charge in [0.25, 0.3) is 0 Å². The molecule has 1 aliphatic rings. The van der Waals surface area contributed by atoms with Crippen LogP contribution in [0, 0.1) is 5.82 Å². The molecule has 7 nitrogen and oxygen atoms in total. The second-order valence-corrected chi connectivity index (χ2v) is 21.9. The van der Waals surface area contributed by atoms with Crippen LogP contribution < -0.4 is 11.4 Å². The molecular weight excluding hydrogens is 481 g/mol. The van der Waals surface area contributed by atoms with Crippen molar-refractivity contribution in [3.8, 4) is 0 Å². The Kier molecular flexibility index (Phi) is 8.06. The third kappa shape index (κ3) is 5.90. The Bertz CT molecular complexity index is 914. The smallest absolute Gasteiger partial charge is 0.351 e. The number of nitrogens with zero attached hydrogens (tertiary/aromatic N) is 2. The molecule has 0 bridgehead atoms. The summed E-state index contributed by atoms with van der Waals surface area (Å²) in [6, 6.07) is 0. The molecule has 0 aliphatic carbocycles. The highest BCUT2D eigenvalue weighted by Gasteiger charge is 2.54. The first kappa shape index (κ1) is 28.5. The second kappa shape index (κ2) is 9.35. The maximum absolute atomic E-state index is 14.2. The van der Waals surface area contributed by atoms with Crippen LogP contribution in [0.1, 0.15) is 54.2 Å². The van der Waals surface area contributed by atoms with Gasteiger partial charge in [0.1, 0.15) is 11.8 Å². The van der Waals surface area contributed by atoms with Crippen LogP contribution in [0.4, 0.5) is 10.2 Å². The van der Waals surface area contributed by atoms with Gasteiger partial charge in [-0.05, 0) is 36.3 Å². The molecule has 1 fully saturated rings. The maximum Gasteiger partial charge on any atom is 0.351 e. The van der Waals surface area contributed by atoms with Crippen molar-refractivity contribution < 1.29 is 18.0 Å². The van der Waals surface area contributed by atoms with E-state index in [0.29, 0.717) is 6.42 Å². The minimum atomic E-state index is -2.23. The second-order valence-electron chi connectivity index (χ2n) is 12.1. The van der Waals surface area contributed by atoms with E-state index in [1.165, 1.54) is 0 Å². The Labute approximate surface area is 204 Å². The van der Waals surface area contributed by atoms with E-state index >= 15 is 0 Å².